The smallest absolute Gasteiger partial charge is 0.0462 e. The van der Waals surface area contributed by atoms with Crippen LogP contribution in [0.3, 0.4) is 0 Å². The second-order valence-electron chi connectivity index (χ2n) is 3.56. The van der Waals surface area contributed by atoms with Crippen LogP contribution in [0, 0.1) is 0 Å². The number of hydrazine groups is 1. The van der Waals surface area contributed by atoms with E-state index in [1.807, 2.05) is 12.1 Å². The fourth-order valence-electron chi connectivity index (χ4n) is 1.55. The topological polar surface area (TPSA) is 47.3 Å². The minimum atomic E-state index is 0.0475. The highest BCUT2D eigenvalue weighted by molar-refractivity contribution is 6.34. The first-order chi connectivity index (χ1) is 7.67. The van der Waals surface area contributed by atoms with E-state index >= 15 is 0 Å². The Morgan fingerprint density at radius 2 is 1.94 bits per heavy atom. The largest absolute Gasteiger partial charge is 0.385 e. The lowest BCUT2D eigenvalue weighted by atomic mass is 10.0. The zero-order chi connectivity index (χ0) is 12.0. The lowest BCUT2D eigenvalue weighted by Crippen LogP contribution is -2.28. The van der Waals surface area contributed by atoms with Crippen molar-refractivity contribution in [3.05, 3.63) is 33.8 Å². The molecule has 1 aromatic rings. The summed E-state index contributed by atoms with van der Waals surface area (Å²) >= 11 is 11.9. The molecule has 0 radical (unpaired) electrons. The summed E-state index contributed by atoms with van der Waals surface area (Å²) in [4.78, 5) is 0. The summed E-state index contributed by atoms with van der Waals surface area (Å²) < 4.78 is 5.00. The molecular weight excluding hydrogens is 247 g/mol. The maximum absolute atomic E-state index is 5.93. The van der Waals surface area contributed by atoms with Crippen LogP contribution in [0.4, 0.5) is 0 Å². The van der Waals surface area contributed by atoms with E-state index in [0.717, 1.165) is 18.4 Å². The van der Waals surface area contributed by atoms with Crippen LogP contribution < -0.4 is 11.3 Å². The Bertz CT molecular complexity index is 314. The summed E-state index contributed by atoms with van der Waals surface area (Å²) in [7, 11) is 1.68. The van der Waals surface area contributed by atoms with Crippen molar-refractivity contribution in [2.45, 2.75) is 18.9 Å². The molecule has 0 aromatic heterocycles. The first kappa shape index (κ1) is 13.7. The monoisotopic (exact) mass is 262 g/mol. The third kappa shape index (κ3) is 4.28. The number of ether oxygens (including phenoxy) is 1. The van der Waals surface area contributed by atoms with Gasteiger partial charge in [-0.15, -0.1) is 0 Å². The maximum atomic E-state index is 5.93. The standard InChI is InChI=1S/C11H16Cl2N2O/c1-16-4-2-3-11(15-14)8-5-9(12)7-10(13)6-8/h5-7,11,15H,2-4,14H2,1H3. The van der Waals surface area contributed by atoms with Crippen LogP contribution in [0.15, 0.2) is 18.2 Å². The maximum Gasteiger partial charge on any atom is 0.0462 e. The molecule has 3 N–H and O–H groups in total. The first-order valence-corrected chi connectivity index (χ1v) is 5.84. The Hall–Kier alpha value is -0.320. The molecular formula is C11H16Cl2N2O. The molecule has 0 spiro atoms. The van der Waals surface area contributed by atoms with Gasteiger partial charge in [-0.1, -0.05) is 23.2 Å². The number of hydrogen-bond acceptors (Lipinski definition) is 3. The van der Waals surface area contributed by atoms with Crippen molar-refractivity contribution in [2.75, 3.05) is 13.7 Å². The fraction of sp³-hybridized carbons (Fsp3) is 0.455. The van der Waals surface area contributed by atoms with Gasteiger partial charge >= 0.3 is 0 Å². The van der Waals surface area contributed by atoms with Crippen LogP contribution in [0.25, 0.3) is 0 Å². The lowest BCUT2D eigenvalue weighted by molar-refractivity contribution is 0.189. The minimum Gasteiger partial charge on any atom is -0.385 e. The van der Waals surface area contributed by atoms with Gasteiger partial charge in [-0.2, -0.15) is 0 Å². The van der Waals surface area contributed by atoms with Crippen molar-refractivity contribution in [1.29, 1.82) is 0 Å². The van der Waals surface area contributed by atoms with E-state index in [1.54, 1.807) is 13.2 Å². The molecule has 0 heterocycles. The summed E-state index contributed by atoms with van der Waals surface area (Å²) in [6, 6.07) is 5.48. The molecule has 0 aliphatic rings. The quantitative estimate of drug-likeness (QED) is 0.471. The molecule has 1 rings (SSSR count). The molecule has 0 aliphatic heterocycles. The molecule has 0 amide bonds. The Balaban J connectivity index is 2.70. The number of methoxy groups -OCH3 is 1. The van der Waals surface area contributed by atoms with Gasteiger partial charge < -0.3 is 4.74 Å². The molecule has 16 heavy (non-hydrogen) atoms. The minimum absolute atomic E-state index is 0.0475. The third-order valence-electron chi connectivity index (χ3n) is 2.33. The number of nitrogens with two attached hydrogens (primary N) is 1. The second kappa shape index (κ2) is 7.09. The first-order valence-electron chi connectivity index (χ1n) is 5.08. The summed E-state index contributed by atoms with van der Waals surface area (Å²) in [5.41, 5.74) is 3.76. The zero-order valence-corrected chi connectivity index (χ0v) is 10.7. The van der Waals surface area contributed by atoms with Gasteiger partial charge in [-0.25, -0.2) is 0 Å². The Morgan fingerprint density at radius 3 is 2.44 bits per heavy atom. The number of hydrogen-bond donors (Lipinski definition) is 2. The molecule has 90 valence electrons. The van der Waals surface area contributed by atoms with Crippen LogP contribution in [0.1, 0.15) is 24.4 Å². The van der Waals surface area contributed by atoms with Gasteiger partial charge in [-0.05, 0) is 36.6 Å². The van der Waals surface area contributed by atoms with Crippen molar-refractivity contribution in [3.63, 3.8) is 0 Å². The molecule has 1 aromatic carbocycles. The number of rotatable bonds is 6. The highest BCUT2D eigenvalue weighted by atomic mass is 35.5. The fourth-order valence-corrected chi connectivity index (χ4v) is 2.10. The normalized spacial score (nSPS) is 12.8. The zero-order valence-electron chi connectivity index (χ0n) is 9.17. The molecule has 1 unspecified atom stereocenters. The van der Waals surface area contributed by atoms with Gasteiger partial charge in [-0.3, -0.25) is 11.3 Å². The SMILES string of the molecule is COCCCC(NN)c1cc(Cl)cc(Cl)c1. The third-order valence-corrected chi connectivity index (χ3v) is 2.77. The average molecular weight is 263 g/mol. The molecule has 5 heteroatoms. The van der Waals surface area contributed by atoms with E-state index < -0.39 is 0 Å². The lowest BCUT2D eigenvalue weighted by Gasteiger charge is -2.16. The van der Waals surface area contributed by atoms with Gasteiger partial charge in [0.1, 0.15) is 0 Å². The van der Waals surface area contributed by atoms with Crippen molar-refractivity contribution >= 4 is 23.2 Å². The summed E-state index contributed by atoms with van der Waals surface area (Å²) in [6.07, 6.45) is 1.80. The van der Waals surface area contributed by atoms with E-state index in [2.05, 4.69) is 5.43 Å². The molecule has 3 nitrogen and oxygen atoms in total. The van der Waals surface area contributed by atoms with Gasteiger partial charge in [0.15, 0.2) is 0 Å². The highest BCUT2D eigenvalue weighted by Gasteiger charge is 2.10. The molecule has 0 fully saturated rings. The average Bonchev–Trinajstić information content (AvgIpc) is 2.23. The Kier molecular flexibility index (Phi) is 6.09. The van der Waals surface area contributed by atoms with Crippen LogP contribution in [-0.2, 0) is 4.74 Å². The van der Waals surface area contributed by atoms with E-state index in [4.69, 9.17) is 33.8 Å². The van der Waals surface area contributed by atoms with Crippen molar-refractivity contribution in [2.24, 2.45) is 5.84 Å². The van der Waals surface area contributed by atoms with Gasteiger partial charge in [0.25, 0.3) is 0 Å². The van der Waals surface area contributed by atoms with Crippen LogP contribution in [0.5, 0.6) is 0 Å². The van der Waals surface area contributed by atoms with Gasteiger partial charge in [0.2, 0.25) is 0 Å². The van der Waals surface area contributed by atoms with Crippen LogP contribution in [-0.4, -0.2) is 13.7 Å². The van der Waals surface area contributed by atoms with Gasteiger partial charge in [0.05, 0.1) is 0 Å². The van der Waals surface area contributed by atoms with Crippen molar-refractivity contribution in [3.8, 4) is 0 Å². The van der Waals surface area contributed by atoms with E-state index in [0.29, 0.717) is 16.7 Å². The molecule has 0 bridgehead atoms. The Morgan fingerprint density at radius 1 is 1.31 bits per heavy atom. The van der Waals surface area contributed by atoms with Crippen molar-refractivity contribution < 1.29 is 4.74 Å². The molecule has 0 saturated carbocycles. The number of benzene rings is 1. The number of halogens is 2. The van der Waals surface area contributed by atoms with E-state index in [9.17, 15) is 0 Å². The highest BCUT2D eigenvalue weighted by Crippen LogP contribution is 2.25. The van der Waals surface area contributed by atoms with Crippen molar-refractivity contribution in [1.82, 2.24) is 5.43 Å². The predicted molar refractivity (Wildman–Crippen MR) is 67.6 cm³/mol. The van der Waals surface area contributed by atoms with Crippen LogP contribution in [0.2, 0.25) is 10.0 Å². The Labute approximate surface area is 106 Å². The van der Waals surface area contributed by atoms with Crippen LogP contribution >= 0.6 is 23.2 Å². The number of nitrogens with one attached hydrogen (secondary N) is 1. The summed E-state index contributed by atoms with van der Waals surface area (Å²) in [5, 5.41) is 1.24. The summed E-state index contributed by atoms with van der Waals surface area (Å²) in [5.74, 6) is 5.51. The van der Waals surface area contributed by atoms with E-state index in [1.165, 1.54) is 0 Å². The molecule has 1 atom stereocenters. The molecule has 0 saturated heterocycles. The molecule has 0 aliphatic carbocycles. The van der Waals surface area contributed by atoms with E-state index in [-0.39, 0.29) is 6.04 Å². The summed E-state index contributed by atoms with van der Waals surface area (Å²) in [6.45, 7) is 0.715. The second-order valence-corrected chi connectivity index (χ2v) is 4.43. The van der Waals surface area contributed by atoms with Gasteiger partial charge in [0, 0.05) is 29.8 Å². The predicted octanol–water partition coefficient (Wildman–Crippen LogP) is 2.92.